The summed E-state index contributed by atoms with van der Waals surface area (Å²) in [6.07, 6.45) is 1.97. The fourth-order valence-corrected chi connectivity index (χ4v) is 3.98. The van der Waals surface area contributed by atoms with Gasteiger partial charge in [0, 0.05) is 5.92 Å². The Labute approximate surface area is 142 Å². The lowest BCUT2D eigenvalue weighted by molar-refractivity contribution is -0.181. The van der Waals surface area contributed by atoms with Crippen molar-refractivity contribution in [1.29, 1.82) is 0 Å². The van der Waals surface area contributed by atoms with Crippen molar-refractivity contribution in [3.8, 4) is 0 Å². The van der Waals surface area contributed by atoms with Gasteiger partial charge in [-0.1, -0.05) is 12.8 Å². The van der Waals surface area contributed by atoms with Crippen LogP contribution in [0.15, 0.2) is 0 Å². The van der Waals surface area contributed by atoms with E-state index in [-0.39, 0.29) is 5.92 Å². The summed E-state index contributed by atoms with van der Waals surface area (Å²) in [5, 5.41) is 4.78. The first-order valence-electron chi connectivity index (χ1n) is 7.93. The lowest BCUT2D eigenvalue weighted by Crippen LogP contribution is -2.49. The number of hydrogen-bond acceptors (Lipinski definition) is 5. The van der Waals surface area contributed by atoms with E-state index < -0.39 is 51.8 Å². The number of hydrogen-bond donors (Lipinski definition) is 2. The highest BCUT2D eigenvalue weighted by Crippen LogP contribution is 2.49. The van der Waals surface area contributed by atoms with E-state index in [9.17, 15) is 35.9 Å². The molecule has 2 aliphatic carbocycles. The SMILES string of the molecule is O=C(OCCC(F)(F)C(F)(F)S(=O)(=O)O)C1CCC1C1(O)CCCC1. The third kappa shape index (κ3) is 3.77. The molecule has 25 heavy (non-hydrogen) atoms. The molecule has 11 heteroatoms. The maximum Gasteiger partial charge on any atom is 0.431 e. The summed E-state index contributed by atoms with van der Waals surface area (Å²) in [5.41, 5.74) is -0.982. The van der Waals surface area contributed by atoms with Crippen LogP contribution in [0, 0.1) is 11.8 Å². The molecule has 146 valence electrons. The quantitative estimate of drug-likeness (QED) is 0.392. The lowest BCUT2D eigenvalue weighted by atomic mass is 9.64. The van der Waals surface area contributed by atoms with Gasteiger partial charge in [-0.25, -0.2) is 0 Å². The molecule has 0 heterocycles. The van der Waals surface area contributed by atoms with Crippen molar-refractivity contribution in [3.05, 3.63) is 0 Å². The maximum absolute atomic E-state index is 13.3. The Morgan fingerprint density at radius 2 is 1.72 bits per heavy atom. The Morgan fingerprint density at radius 1 is 1.16 bits per heavy atom. The van der Waals surface area contributed by atoms with Crippen LogP contribution in [-0.2, 0) is 19.6 Å². The Balaban J connectivity index is 1.88. The van der Waals surface area contributed by atoms with E-state index in [4.69, 9.17) is 4.55 Å². The van der Waals surface area contributed by atoms with Crippen LogP contribution in [0.1, 0.15) is 44.9 Å². The summed E-state index contributed by atoms with van der Waals surface area (Å²) >= 11 is 0. The normalized spacial score (nSPS) is 27.0. The van der Waals surface area contributed by atoms with Gasteiger partial charge in [-0.15, -0.1) is 0 Å². The molecule has 0 aromatic carbocycles. The summed E-state index contributed by atoms with van der Waals surface area (Å²) in [5.74, 6) is -6.99. The first-order chi connectivity index (χ1) is 11.3. The first-order valence-corrected chi connectivity index (χ1v) is 9.37. The number of carbonyl (C=O) groups is 1. The third-order valence-corrected chi connectivity index (χ3v) is 6.09. The molecule has 0 bridgehead atoms. The number of halogens is 4. The fourth-order valence-electron chi connectivity index (χ4n) is 3.50. The zero-order valence-corrected chi connectivity index (χ0v) is 14.1. The van der Waals surface area contributed by atoms with E-state index in [0.717, 1.165) is 12.8 Å². The highest BCUT2D eigenvalue weighted by atomic mass is 32.2. The summed E-state index contributed by atoms with van der Waals surface area (Å²) in [6.45, 7) is -1.13. The molecular formula is C14H20F4O6S. The van der Waals surface area contributed by atoms with Gasteiger partial charge in [0.1, 0.15) is 0 Å². The smallest absolute Gasteiger partial charge is 0.431 e. The monoisotopic (exact) mass is 392 g/mol. The van der Waals surface area contributed by atoms with Gasteiger partial charge in [-0.05, 0) is 25.7 Å². The molecule has 0 spiro atoms. The van der Waals surface area contributed by atoms with Crippen molar-refractivity contribution in [3.63, 3.8) is 0 Å². The second-order valence-electron chi connectivity index (χ2n) is 6.71. The highest BCUT2D eigenvalue weighted by molar-refractivity contribution is 7.87. The summed E-state index contributed by atoms with van der Waals surface area (Å²) in [6, 6.07) is 0. The van der Waals surface area contributed by atoms with Crippen LogP contribution in [0.25, 0.3) is 0 Å². The summed E-state index contributed by atoms with van der Waals surface area (Å²) in [4.78, 5) is 11.9. The van der Waals surface area contributed by atoms with Crippen molar-refractivity contribution in [1.82, 2.24) is 0 Å². The van der Waals surface area contributed by atoms with Crippen LogP contribution in [-0.4, -0.2) is 47.4 Å². The second-order valence-corrected chi connectivity index (χ2v) is 8.18. The van der Waals surface area contributed by atoms with Gasteiger partial charge in [-0.2, -0.15) is 26.0 Å². The fraction of sp³-hybridized carbons (Fsp3) is 0.929. The molecule has 2 saturated carbocycles. The van der Waals surface area contributed by atoms with Gasteiger partial charge in [-0.3, -0.25) is 9.35 Å². The molecule has 0 aromatic heterocycles. The zero-order chi connectivity index (χ0) is 19.1. The van der Waals surface area contributed by atoms with Crippen molar-refractivity contribution in [2.75, 3.05) is 6.61 Å². The molecular weight excluding hydrogens is 372 g/mol. The Kier molecular flexibility index (Phi) is 5.42. The second kappa shape index (κ2) is 6.66. The summed E-state index contributed by atoms with van der Waals surface area (Å²) in [7, 11) is -6.31. The average Bonchev–Trinajstić information content (AvgIpc) is 2.82. The Hall–Kier alpha value is -0.940. The lowest BCUT2D eigenvalue weighted by Gasteiger charge is -2.44. The van der Waals surface area contributed by atoms with Crippen molar-refractivity contribution < 1.29 is 45.2 Å². The summed E-state index contributed by atoms with van der Waals surface area (Å²) < 4.78 is 86.2. The molecule has 0 saturated heterocycles. The predicted octanol–water partition coefficient (Wildman–Crippen LogP) is 2.37. The van der Waals surface area contributed by atoms with Gasteiger partial charge in [0.05, 0.1) is 24.5 Å². The minimum absolute atomic E-state index is 0.345. The van der Waals surface area contributed by atoms with E-state index in [0.29, 0.717) is 25.7 Å². The molecule has 2 N–H and O–H groups in total. The minimum atomic E-state index is -6.31. The number of aliphatic hydroxyl groups is 1. The molecule has 0 aromatic rings. The van der Waals surface area contributed by atoms with E-state index >= 15 is 0 Å². The molecule has 2 atom stereocenters. The number of alkyl halides is 4. The van der Waals surface area contributed by atoms with E-state index in [1.54, 1.807) is 0 Å². The van der Waals surface area contributed by atoms with Gasteiger partial charge in [0.2, 0.25) is 0 Å². The molecule has 2 fully saturated rings. The van der Waals surface area contributed by atoms with Gasteiger partial charge < -0.3 is 9.84 Å². The Bertz CT molecular complexity index is 615. The van der Waals surface area contributed by atoms with Crippen molar-refractivity contribution in [2.45, 2.75) is 61.7 Å². The highest BCUT2D eigenvalue weighted by Gasteiger charge is 2.65. The largest absolute Gasteiger partial charge is 0.465 e. The van der Waals surface area contributed by atoms with Crippen LogP contribution in [0.4, 0.5) is 17.6 Å². The van der Waals surface area contributed by atoms with Crippen LogP contribution < -0.4 is 0 Å². The molecule has 2 unspecified atom stereocenters. The maximum atomic E-state index is 13.3. The van der Waals surface area contributed by atoms with Crippen LogP contribution in [0.5, 0.6) is 0 Å². The standard InChI is InChI=1S/C14H20F4O6S/c15-13(16,14(17,18)25(21,22)23)7-8-24-11(19)9-3-4-10(9)12(20)5-1-2-6-12/h9-10,20H,1-8H2,(H,21,22,23). The predicted molar refractivity (Wildman–Crippen MR) is 76.7 cm³/mol. The molecule has 0 radical (unpaired) electrons. The topological polar surface area (TPSA) is 101 Å². The van der Waals surface area contributed by atoms with Gasteiger partial charge in [0.25, 0.3) is 0 Å². The van der Waals surface area contributed by atoms with Crippen LogP contribution >= 0.6 is 0 Å². The molecule has 0 amide bonds. The van der Waals surface area contributed by atoms with Crippen LogP contribution in [0.3, 0.4) is 0 Å². The molecule has 2 rings (SSSR count). The zero-order valence-electron chi connectivity index (χ0n) is 13.3. The number of carbonyl (C=O) groups excluding carboxylic acids is 1. The number of esters is 1. The third-order valence-electron chi connectivity index (χ3n) is 5.15. The molecule has 6 nitrogen and oxygen atoms in total. The van der Waals surface area contributed by atoms with E-state index in [1.165, 1.54) is 0 Å². The average molecular weight is 392 g/mol. The minimum Gasteiger partial charge on any atom is -0.465 e. The van der Waals surface area contributed by atoms with Crippen molar-refractivity contribution >= 4 is 16.1 Å². The van der Waals surface area contributed by atoms with Gasteiger partial charge in [0.15, 0.2) is 0 Å². The van der Waals surface area contributed by atoms with E-state index in [2.05, 4.69) is 4.74 Å². The molecule has 0 aliphatic heterocycles. The van der Waals surface area contributed by atoms with Crippen LogP contribution in [0.2, 0.25) is 0 Å². The van der Waals surface area contributed by atoms with Crippen molar-refractivity contribution in [2.24, 2.45) is 11.8 Å². The molecule has 2 aliphatic rings. The first kappa shape index (κ1) is 20.4. The van der Waals surface area contributed by atoms with Gasteiger partial charge >= 0.3 is 27.3 Å². The number of rotatable bonds is 7. The Morgan fingerprint density at radius 3 is 2.16 bits per heavy atom. The number of ether oxygens (including phenoxy) is 1. The van der Waals surface area contributed by atoms with E-state index in [1.807, 2.05) is 0 Å².